The van der Waals surface area contributed by atoms with Gasteiger partial charge < -0.3 is 10.2 Å². The molecule has 0 aliphatic carbocycles. The average molecular weight is 224 g/mol. The van der Waals surface area contributed by atoms with Crippen molar-refractivity contribution >= 4 is 0 Å². The molecule has 0 bridgehead atoms. The third kappa shape index (κ3) is 4.73. The fourth-order valence-corrected chi connectivity index (χ4v) is 1.74. The molecule has 0 aliphatic rings. The van der Waals surface area contributed by atoms with Crippen LogP contribution < -0.4 is 5.32 Å². The van der Waals surface area contributed by atoms with Gasteiger partial charge in [-0.3, -0.25) is 0 Å². The summed E-state index contributed by atoms with van der Waals surface area (Å²) in [7, 11) is 2.05. The van der Waals surface area contributed by atoms with Crippen LogP contribution >= 0.6 is 0 Å². The topological polar surface area (TPSA) is 15.3 Å². The maximum Gasteiger partial charge on any atom is 0.123 e. The van der Waals surface area contributed by atoms with E-state index in [9.17, 15) is 4.39 Å². The molecule has 0 fully saturated rings. The molecule has 0 amide bonds. The van der Waals surface area contributed by atoms with Crippen molar-refractivity contribution in [1.29, 1.82) is 0 Å². The Morgan fingerprint density at radius 3 is 2.69 bits per heavy atom. The lowest BCUT2D eigenvalue weighted by Gasteiger charge is -2.17. The number of rotatable bonds is 6. The Morgan fingerprint density at radius 1 is 1.31 bits per heavy atom. The second kappa shape index (κ2) is 6.61. The minimum absolute atomic E-state index is 0.143. The molecule has 0 saturated carbocycles. The first-order chi connectivity index (χ1) is 7.61. The summed E-state index contributed by atoms with van der Waals surface area (Å²) in [5.74, 6) is -0.143. The maximum absolute atomic E-state index is 13.2. The van der Waals surface area contributed by atoms with E-state index < -0.39 is 0 Å². The smallest absolute Gasteiger partial charge is 0.123 e. The molecule has 0 aliphatic heterocycles. The third-order valence-corrected chi connectivity index (χ3v) is 2.47. The van der Waals surface area contributed by atoms with E-state index in [1.54, 1.807) is 12.1 Å². The Kier molecular flexibility index (Phi) is 5.43. The summed E-state index contributed by atoms with van der Waals surface area (Å²) in [4.78, 5) is 2.19. The van der Waals surface area contributed by atoms with Crippen molar-refractivity contribution in [2.45, 2.75) is 20.4 Å². The summed E-state index contributed by atoms with van der Waals surface area (Å²) in [6.07, 6.45) is 0. The van der Waals surface area contributed by atoms with Crippen molar-refractivity contribution in [2.24, 2.45) is 0 Å². The summed E-state index contributed by atoms with van der Waals surface area (Å²) < 4.78 is 13.2. The van der Waals surface area contributed by atoms with Gasteiger partial charge >= 0.3 is 0 Å². The summed E-state index contributed by atoms with van der Waals surface area (Å²) in [5.41, 5.74) is 2.02. The predicted octanol–water partition coefficient (Wildman–Crippen LogP) is 2.18. The van der Waals surface area contributed by atoms with Crippen LogP contribution in [0.2, 0.25) is 0 Å². The van der Waals surface area contributed by atoms with Crippen molar-refractivity contribution in [1.82, 2.24) is 10.2 Å². The van der Waals surface area contributed by atoms with Crippen molar-refractivity contribution in [2.75, 3.05) is 26.7 Å². The highest BCUT2D eigenvalue weighted by Crippen LogP contribution is 2.09. The Morgan fingerprint density at radius 2 is 2.06 bits per heavy atom. The zero-order chi connectivity index (χ0) is 12.0. The molecule has 3 heteroatoms. The Balaban J connectivity index is 2.45. The van der Waals surface area contributed by atoms with Crippen molar-refractivity contribution in [3.05, 3.63) is 35.1 Å². The molecule has 1 aromatic rings. The molecule has 0 heterocycles. The minimum atomic E-state index is -0.143. The van der Waals surface area contributed by atoms with E-state index in [0.717, 1.165) is 37.3 Å². The van der Waals surface area contributed by atoms with Crippen LogP contribution in [-0.2, 0) is 6.54 Å². The Labute approximate surface area is 97.5 Å². The average Bonchev–Trinajstić information content (AvgIpc) is 2.16. The van der Waals surface area contributed by atoms with E-state index in [1.807, 2.05) is 13.0 Å². The SMILES string of the molecule is CCNCCN(C)Cc1cc(C)cc(F)c1. The van der Waals surface area contributed by atoms with Gasteiger partial charge in [-0.25, -0.2) is 4.39 Å². The molecule has 1 aromatic carbocycles. The van der Waals surface area contributed by atoms with Crippen molar-refractivity contribution in [3.8, 4) is 0 Å². The second-order valence-corrected chi connectivity index (χ2v) is 4.23. The molecular weight excluding hydrogens is 203 g/mol. The normalized spacial score (nSPS) is 11.1. The molecular formula is C13H21FN2. The van der Waals surface area contributed by atoms with E-state index in [-0.39, 0.29) is 5.82 Å². The van der Waals surface area contributed by atoms with Crippen LogP contribution in [0.1, 0.15) is 18.1 Å². The lowest BCUT2D eigenvalue weighted by Crippen LogP contribution is -2.28. The van der Waals surface area contributed by atoms with Gasteiger partial charge in [0.2, 0.25) is 0 Å². The summed E-state index contributed by atoms with van der Waals surface area (Å²) in [5, 5.41) is 3.27. The molecule has 2 nitrogen and oxygen atoms in total. The van der Waals surface area contributed by atoms with Crippen molar-refractivity contribution < 1.29 is 4.39 Å². The zero-order valence-corrected chi connectivity index (χ0v) is 10.4. The molecule has 0 aromatic heterocycles. The number of likely N-dealkylation sites (N-methyl/N-ethyl adjacent to an activating group) is 2. The van der Waals surface area contributed by atoms with E-state index in [1.165, 1.54) is 0 Å². The van der Waals surface area contributed by atoms with Gasteiger partial charge in [0.05, 0.1) is 0 Å². The van der Waals surface area contributed by atoms with Crippen LogP contribution in [0, 0.1) is 12.7 Å². The van der Waals surface area contributed by atoms with E-state index in [0.29, 0.717) is 0 Å². The van der Waals surface area contributed by atoms with Crippen LogP contribution in [0.25, 0.3) is 0 Å². The van der Waals surface area contributed by atoms with E-state index >= 15 is 0 Å². The summed E-state index contributed by atoms with van der Waals surface area (Å²) in [6.45, 7) is 7.75. The van der Waals surface area contributed by atoms with Gasteiger partial charge in [-0.15, -0.1) is 0 Å². The van der Waals surface area contributed by atoms with Crippen LogP contribution in [-0.4, -0.2) is 31.6 Å². The quantitative estimate of drug-likeness (QED) is 0.745. The molecule has 0 unspecified atom stereocenters. The van der Waals surface area contributed by atoms with E-state index in [4.69, 9.17) is 0 Å². The predicted molar refractivity (Wildman–Crippen MR) is 66.0 cm³/mol. The molecule has 1 rings (SSSR count). The number of hydrogen-bond donors (Lipinski definition) is 1. The van der Waals surface area contributed by atoms with Gasteiger partial charge in [0.1, 0.15) is 5.82 Å². The molecule has 1 N–H and O–H groups in total. The largest absolute Gasteiger partial charge is 0.316 e. The first-order valence-electron chi connectivity index (χ1n) is 5.77. The standard InChI is InChI=1S/C13H21FN2/c1-4-15-5-6-16(3)10-12-7-11(2)8-13(14)9-12/h7-9,15H,4-6,10H2,1-3H3. The van der Waals surface area contributed by atoms with Gasteiger partial charge in [0.15, 0.2) is 0 Å². The molecule has 0 radical (unpaired) electrons. The van der Waals surface area contributed by atoms with Crippen molar-refractivity contribution in [3.63, 3.8) is 0 Å². The molecule has 0 spiro atoms. The molecule has 0 atom stereocenters. The Hall–Kier alpha value is -0.930. The lowest BCUT2D eigenvalue weighted by atomic mass is 10.1. The molecule has 0 saturated heterocycles. The van der Waals surface area contributed by atoms with Crippen LogP contribution in [0.3, 0.4) is 0 Å². The van der Waals surface area contributed by atoms with Gasteiger partial charge in [-0.1, -0.05) is 13.0 Å². The first kappa shape index (κ1) is 13.1. The summed E-state index contributed by atoms with van der Waals surface area (Å²) >= 11 is 0. The maximum atomic E-state index is 13.2. The van der Waals surface area contributed by atoms with Gasteiger partial charge in [0, 0.05) is 19.6 Å². The highest BCUT2D eigenvalue weighted by atomic mass is 19.1. The van der Waals surface area contributed by atoms with Crippen LogP contribution in [0.5, 0.6) is 0 Å². The summed E-state index contributed by atoms with van der Waals surface area (Å²) in [6, 6.07) is 5.20. The number of benzene rings is 1. The fraction of sp³-hybridized carbons (Fsp3) is 0.538. The van der Waals surface area contributed by atoms with Gasteiger partial charge in [0.25, 0.3) is 0 Å². The number of hydrogen-bond acceptors (Lipinski definition) is 2. The number of nitrogens with zero attached hydrogens (tertiary/aromatic N) is 1. The zero-order valence-electron chi connectivity index (χ0n) is 10.4. The number of halogens is 1. The third-order valence-electron chi connectivity index (χ3n) is 2.47. The van der Waals surface area contributed by atoms with E-state index in [2.05, 4.69) is 24.2 Å². The highest BCUT2D eigenvalue weighted by molar-refractivity contribution is 5.23. The molecule has 16 heavy (non-hydrogen) atoms. The lowest BCUT2D eigenvalue weighted by molar-refractivity contribution is 0.325. The van der Waals surface area contributed by atoms with Crippen LogP contribution in [0.4, 0.5) is 4.39 Å². The van der Waals surface area contributed by atoms with Gasteiger partial charge in [-0.05, 0) is 43.8 Å². The minimum Gasteiger partial charge on any atom is -0.316 e. The first-order valence-corrected chi connectivity index (χ1v) is 5.77. The highest BCUT2D eigenvalue weighted by Gasteiger charge is 2.02. The fourth-order valence-electron chi connectivity index (χ4n) is 1.74. The molecule has 90 valence electrons. The monoisotopic (exact) mass is 224 g/mol. The Bertz CT molecular complexity index is 305. The number of nitrogens with one attached hydrogen (secondary N) is 1. The van der Waals surface area contributed by atoms with Gasteiger partial charge in [-0.2, -0.15) is 0 Å². The second-order valence-electron chi connectivity index (χ2n) is 4.23. The number of aryl methyl sites for hydroxylation is 1. The van der Waals surface area contributed by atoms with Crippen LogP contribution in [0.15, 0.2) is 18.2 Å².